The minimum absolute atomic E-state index is 0.248. The van der Waals surface area contributed by atoms with Gasteiger partial charge in [0.05, 0.1) is 12.2 Å². The highest BCUT2D eigenvalue weighted by Crippen LogP contribution is 2.32. The van der Waals surface area contributed by atoms with E-state index in [1.54, 1.807) is 54.4 Å². The Morgan fingerprint density at radius 2 is 1.57 bits per heavy atom. The Morgan fingerprint density at radius 3 is 2.22 bits per heavy atom. The number of nitrogens with zero attached hydrogens (tertiary/aromatic N) is 2. The first-order valence-electron chi connectivity index (χ1n) is 11.8. The Morgan fingerprint density at radius 1 is 0.919 bits per heavy atom. The number of ether oxygens (including phenoxy) is 1. The lowest BCUT2D eigenvalue weighted by Gasteiger charge is -2.25. The molecule has 0 atom stereocenters. The fourth-order valence-electron chi connectivity index (χ4n) is 4.13. The maximum Gasteiger partial charge on any atom is 0.343 e. The van der Waals surface area contributed by atoms with Crippen molar-refractivity contribution in [3.63, 3.8) is 0 Å². The lowest BCUT2D eigenvalue weighted by Crippen LogP contribution is -2.45. The van der Waals surface area contributed by atoms with Crippen molar-refractivity contribution in [2.24, 2.45) is 0 Å². The number of carbonyl (C=O) groups is 1. The topological polar surface area (TPSA) is 44.8 Å². The highest BCUT2D eigenvalue weighted by Gasteiger charge is 2.30. The number of urea groups is 1. The van der Waals surface area contributed by atoms with E-state index in [1.165, 1.54) is 17.1 Å². The summed E-state index contributed by atoms with van der Waals surface area (Å²) in [6.45, 7) is 2.30. The molecular formula is C30H25ClFN3O2. The molecule has 4 aromatic rings. The molecule has 0 unspecified atom stereocenters. The van der Waals surface area contributed by atoms with Crippen LogP contribution in [0.3, 0.4) is 0 Å². The van der Waals surface area contributed by atoms with Gasteiger partial charge in [-0.3, -0.25) is 10.3 Å². The van der Waals surface area contributed by atoms with Crippen LogP contribution in [-0.4, -0.2) is 24.6 Å². The molecule has 2 amide bonds. The monoisotopic (exact) mass is 513 g/mol. The van der Waals surface area contributed by atoms with E-state index in [2.05, 4.69) is 5.43 Å². The van der Waals surface area contributed by atoms with Crippen LogP contribution in [0.5, 0.6) is 11.5 Å². The van der Waals surface area contributed by atoms with Crippen molar-refractivity contribution in [2.75, 3.05) is 18.5 Å². The van der Waals surface area contributed by atoms with Crippen LogP contribution < -0.4 is 15.1 Å². The maximum absolute atomic E-state index is 14.0. The minimum atomic E-state index is -0.323. The van der Waals surface area contributed by atoms with Crippen LogP contribution in [-0.2, 0) is 0 Å². The number of rotatable bonds is 5. The molecule has 0 radical (unpaired) electrons. The van der Waals surface area contributed by atoms with Gasteiger partial charge in [-0.15, -0.1) is 0 Å². The molecule has 0 spiro atoms. The summed E-state index contributed by atoms with van der Waals surface area (Å²) in [5.74, 6) is 0.987. The van der Waals surface area contributed by atoms with Crippen molar-refractivity contribution in [3.8, 4) is 11.5 Å². The predicted molar refractivity (Wildman–Crippen MR) is 146 cm³/mol. The minimum Gasteiger partial charge on any atom is -0.457 e. The first-order valence-corrected chi connectivity index (χ1v) is 12.2. The van der Waals surface area contributed by atoms with Crippen molar-refractivity contribution in [2.45, 2.75) is 6.92 Å². The van der Waals surface area contributed by atoms with Crippen LogP contribution in [0.1, 0.15) is 16.7 Å². The molecule has 1 heterocycles. The van der Waals surface area contributed by atoms with E-state index >= 15 is 0 Å². The number of hydrazine groups is 1. The SMILES string of the molecule is Cc1ccc(C2=C(c3cccc(F)c3)CN(C(=O)N(C)c3ccc(Oc4ccc(Cl)cc4)cc3)N2)cc1. The molecule has 0 bridgehead atoms. The van der Waals surface area contributed by atoms with Gasteiger partial charge < -0.3 is 4.74 Å². The van der Waals surface area contributed by atoms with Crippen LogP contribution in [0.25, 0.3) is 11.3 Å². The summed E-state index contributed by atoms with van der Waals surface area (Å²) in [6.07, 6.45) is 0. The standard InChI is InChI=1S/C30H25ClFN3O2/c1-20-6-8-21(9-7-20)29-28(22-4-3-5-24(32)18-22)19-35(33-29)30(36)34(2)25-12-16-27(17-13-25)37-26-14-10-23(31)11-15-26/h3-18,33H,19H2,1-2H3. The zero-order chi connectivity index (χ0) is 25.9. The number of amides is 2. The van der Waals surface area contributed by atoms with Gasteiger partial charge in [0.1, 0.15) is 17.3 Å². The van der Waals surface area contributed by atoms with Crippen molar-refractivity contribution >= 4 is 34.6 Å². The molecule has 0 aromatic heterocycles. The molecule has 1 aliphatic heterocycles. The molecule has 37 heavy (non-hydrogen) atoms. The number of halogens is 2. The largest absolute Gasteiger partial charge is 0.457 e. The number of carbonyl (C=O) groups excluding carboxylic acids is 1. The highest BCUT2D eigenvalue weighted by atomic mass is 35.5. The molecular weight excluding hydrogens is 489 g/mol. The average Bonchev–Trinajstić information content (AvgIpc) is 3.36. The number of hydrogen-bond acceptors (Lipinski definition) is 3. The zero-order valence-corrected chi connectivity index (χ0v) is 21.2. The second-order valence-corrected chi connectivity index (χ2v) is 9.26. The Labute approximate surface area is 220 Å². The molecule has 7 heteroatoms. The van der Waals surface area contributed by atoms with E-state index in [4.69, 9.17) is 16.3 Å². The third-order valence-corrected chi connectivity index (χ3v) is 6.42. The quantitative estimate of drug-likeness (QED) is 0.300. The summed E-state index contributed by atoms with van der Waals surface area (Å²) < 4.78 is 19.9. The van der Waals surface area contributed by atoms with Gasteiger partial charge in [0.25, 0.3) is 0 Å². The second-order valence-electron chi connectivity index (χ2n) is 8.82. The third kappa shape index (κ3) is 5.44. The van der Waals surface area contributed by atoms with E-state index in [0.717, 1.165) is 28.0 Å². The first kappa shape index (κ1) is 24.4. The molecule has 1 N–H and O–H groups in total. The van der Waals surface area contributed by atoms with Gasteiger partial charge >= 0.3 is 6.03 Å². The molecule has 5 nitrogen and oxygen atoms in total. The number of anilines is 1. The predicted octanol–water partition coefficient (Wildman–Crippen LogP) is 7.52. The number of hydrogen-bond donors (Lipinski definition) is 1. The Hall–Kier alpha value is -4.29. The van der Waals surface area contributed by atoms with Crippen LogP contribution in [0.4, 0.5) is 14.9 Å². The summed E-state index contributed by atoms with van der Waals surface area (Å²) >= 11 is 5.93. The van der Waals surface area contributed by atoms with Crippen molar-refractivity contribution in [1.82, 2.24) is 10.4 Å². The molecule has 0 saturated heterocycles. The van der Waals surface area contributed by atoms with Crippen molar-refractivity contribution < 1.29 is 13.9 Å². The molecule has 186 valence electrons. The summed E-state index contributed by atoms with van der Waals surface area (Å²) in [4.78, 5) is 15.0. The van der Waals surface area contributed by atoms with E-state index in [0.29, 0.717) is 22.2 Å². The number of aryl methyl sites for hydroxylation is 1. The van der Waals surface area contributed by atoms with Crippen molar-refractivity contribution in [1.29, 1.82) is 0 Å². The van der Waals surface area contributed by atoms with Gasteiger partial charge in [-0.2, -0.15) is 0 Å². The Balaban J connectivity index is 1.35. The Kier molecular flexibility index (Phi) is 6.84. The van der Waals surface area contributed by atoms with Gasteiger partial charge in [0.2, 0.25) is 0 Å². The van der Waals surface area contributed by atoms with Gasteiger partial charge in [-0.1, -0.05) is 53.6 Å². The molecule has 4 aromatic carbocycles. The maximum atomic E-state index is 14.0. The van der Waals surface area contributed by atoms with Crippen LogP contribution in [0.15, 0.2) is 97.1 Å². The van der Waals surface area contributed by atoms with Gasteiger partial charge in [-0.05, 0) is 78.7 Å². The second kappa shape index (κ2) is 10.4. The van der Waals surface area contributed by atoms with Crippen molar-refractivity contribution in [3.05, 3.63) is 125 Å². The molecule has 1 aliphatic rings. The number of nitrogens with one attached hydrogen (secondary N) is 1. The number of benzene rings is 4. The molecule has 0 aliphatic carbocycles. The van der Waals surface area contributed by atoms with E-state index in [1.807, 2.05) is 49.4 Å². The fourth-order valence-corrected chi connectivity index (χ4v) is 4.26. The highest BCUT2D eigenvalue weighted by molar-refractivity contribution is 6.30. The van der Waals surface area contributed by atoms with Gasteiger partial charge in [0.15, 0.2) is 0 Å². The van der Waals surface area contributed by atoms with E-state index in [-0.39, 0.29) is 18.4 Å². The molecule has 0 fully saturated rings. The van der Waals surface area contributed by atoms with Crippen LogP contribution in [0, 0.1) is 12.7 Å². The molecule has 0 saturated carbocycles. The zero-order valence-electron chi connectivity index (χ0n) is 20.4. The van der Waals surface area contributed by atoms with Gasteiger partial charge in [-0.25, -0.2) is 14.2 Å². The summed E-state index contributed by atoms with van der Waals surface area (Å²) in [5, 5.41) is 2.17. The first-order chi connectivity index (χ1) is 17.9. The normalized spacial score (nSPS) is 12.9. The van der Waals surface area contributed by atoms with Crippen LogP contribution in [0.2, 0.25) is 5.02 Å². The summed E-state index contributed by atoms with van der Waals surface area (Å²) in [7, 11) is 1.71. The smallest absolute Gasteiger partial charge is 0.343 e. The van der Waals surface area contributed by atoms with E-state index in [9.17, 15) is 9.18 Å². The average molecular weight is 514 g/mol. The Bertz CT molecular complexity index is 1450. The van der Waals surface area contributed by atoms with E-state index < -0.39 is 0 Å². The van der Waals surface area contributed by atoms with Gasteiger partial charge in [0, 0.05) is 23.3 Å². The molecule has 5 rings (SSSR count). The lowest BCUT2D eigenvalue weighted by atomic mass is 10.00. The van der Waals surface area contributed by atoms with Crippen LogP contribution >= 0.6 is 11.6 Å². The fraction of sp³-hybridized carbons (Fsp3) is 0.100. The summed E-state index contributed by atoms with van der Waals surface area (Å²) in [5.41, 5.74) is 8.36. The lowest BCUT2D eigenvalue weighted by molar-refractivity contribution is 0.204. The summed E-state index contributed by atoms with van der Waals surface area (Å²) in [6, 6.07) is 28.5. The third-order valence-electron chi connectivity index (χ3n) is 6.17.